The van der Waals surface area contributed by atoms with Crippen molar-refractivity contribution in [1.29, 1.82) is 0 Å². The van der Waals surface area contributed by atoms with Crippen LogP contribution in [0.15, 0.2) is 0 Å². The van der Waals surface area contributed by atoms with Gasteiger partial charge in [0.05, 0.1) is 12.0 Å². The number of ether oxygens (including phenoxy) is 1. The summed E-state index contributed by atoms with van der Waals surface area (Å²) in [7, 11) is 2.91. The molecule has 0 aromatic carbocycles. The van der Waals surface area contributed by atoms with E-state index in [2.05, 4.69) is 10.4 Å². The van der Waals surface area contributed by atoms with Crippen molar-refractivity contribution in [2.75, 3.05) is 12.4 Å². The first-order chi connectivity index (χ1) is 9.81. The van der Waals surface area contributed by atoms with Gasteiger partial charge in [-0.2, -0.15) is 5.10 Å². The summed E-state index contributed by atoms with van der Waals surface area (Å²) in [4.78, 5) is 22.6. The summed E-state index contributed by atoms with van der Waals surface area (Å²) < 4.78 is 6.15. The van der Waals surface area contributed by atoms with E-state index in [0.717, 1.165) is 0 Å². The largest absolute Gasteiger partial charge is 0.467 e. The molecule has 0 radical (unpaired) electrons. The molecule has 0 fully saturated rings. The van der Waals surface area contributed by atoms with Crippen LogP contribution in [-0.2, 0) is 23.0 Å². The van der Waals surface area contributed by atoms with Crippen molar-refractivity contribution in [2.24, 2.45) is 13.0 Å². The third-order valence-corrected chi connectivity index (χ3v) is 3.11. The van der Waals surface area contributed by atoms with E-state index >= 15 is 0 Å². The topological polar surface area (TPSA) is 99.3 Å². The second-order valence-electron chi connectivity index (χ2n) is 5.23. The Morgan fingerprint density at radius 3 is 2.57 bits per heavy atom. The predicted octanol–water partition coefficient (Wildman–Crippen LogP) is 1.89. The average molecular weight is 298 g/mol. The molecule has 1 heterocycles. The monoisotopic (exact) mass is 298 g/mol. The summed E-state index contributed by atoms with van der Waals surface area (Å²) in [6.07, 6.45) is 0.954. The number of hydrogen-bond donors (Lipinski definition) is 1. The third-order valence-electron chi connectivity index (χ3n) is 3.11. The Bertz CT molecular complexity index is 524. The Kier molecular flexibility index (Phi) is 5.69. The molecule has 0 bridgehead atoms. The zero-order valence-electron chi connectivity index (χ0n) is 13.0. The average Bonchev–Trinajstić information content (AvgIpc) is 2.73. The van der Waals surface area contributed by atoms with E-state index in [0.29, 0.717) is 18.5 Å². The van der Waals surface area contributed by atoms with Gasteiger partial charge in [-0.1, -0.05) is 20.8 Å². The molecule has 0 spiro atoms. The number of hydrogen-bond acceptors (Lipinski definition) is 6. The molecule has 1 unspecified atom stereocenters. The molecule has 1 atom stereocenters. The lowest BCUT2D eigenvalue weighted by molar-refractivity contribution is -0.384. The molecule has 0 amide bonds. The van der Waals surface area contributed by atoms with Crippen molar-refractivity contribution in [3.63, 3.8) is 0 Å². The summed E-state index contributed by atoms with van der Waals surface area (Å²) in [5, 5.41) is 18.3. The Hall–Kier alpha value is -2.12. The van der Waals surface area contributed by atoms with Gasteiger partial charge >= 0.3 is 11.7 Å². The number of nitrogens with zero attached hydrogens (tertiary/aromatic N) is 3. The minimum atomic E-state index is -0.645. The smallest absolute Gasteiger partial charge is 0.334 e. The van der Waals surface area contributed by atoms with Crippen molar-refractivity contribution in [3.8, 4) is 0 Å². The molecule has 1 N–H and O–H groups in total. The number of carbonyl (C=O) groups is 1. The maximum Gasteiger partial charge on any atom is 0.334 e. The fourth-order valence-electron chi connectivity index (χ4n) is 2.15. The lowest BCUT2D eigenvalue weighted by Gasteiger charge is -2.18. The molecule has 8 heteroatoms. The SMILES string of the molecule is CCc1nn(C)c(NC(CC(C)C)C(=O)OC)c1[N+](=O)[O-]. The highest BCUT2D eigenvalue weighted by Crippen LogP contribution is 2.29. The molecular formula is C13H22N4O4. The van der Waals surface area contributed by atoms with Crippen molar-refractivity contribution >= 4 is 17.5 Å². The van der Waals surface area contributed by atoms with Gasteiger partial charge < -0.3 is 10.1 Å². The van der Waals surface area contributed by atoms with Gasteiger partial charge in [0.2, 0.25) is 5.82 Å². The fraction of sp³-hybridized carbons (Fsp3) is 0.692. The lowest BCUT2D eigenvalue weighted by Crippen LogP contribution is -2.33. The maximum atomic E-state index is 11.8. The molecule has 1 rings (SSSR count). The van der Waals surface area contributed by atoms with E-state index in [-0.39, 0.29) is 17.4 Å². The Labute approximate surface area is 123 Å². The first-order valence-corrected chi connectivity index (χ1v) is 6.86. The zero-order valence-corrected chi connectivity index (χ0v) is 13.0. The Balaban J connectivity index is 3.16. The van der Waals surface area contributed by atoms with Crippen LogP contribution in [0.1, 0.15) is 32.9 Å². The van der Waals surface area contributed by atoms with E-state index in [4.69, 9.17) is 4.74 Å². The van der Waals surface area contributed by atoms with Crippen molar-refractivity contribution in [3.05, 3.63) is 15.8 Å². The van der Waals surface area contributed by atoms with Crippen LogP contribution in [0.25, 0.3) is 0 Å². The number of nitro groups is 1. The number of anilines is 1. The molecule has 0 aliphatic heterocycles. The highest BCUT2D eigenvalue weighted by Gasteiger charge is 2.30. The lowest BCUT2D eigenvalue weighted by atomic mass is 10.0. The van der Waals surface area contributed by atoms with Gasteiger partial charge in [0.15, 0.2) is 0 Å². The highest BCUT2D eigenvalue weighted by molar-refractivity contribution is 5.80. The molecule has 1 aromatic heterocycles. The van der Waals surface area contributed by atoms with Gasteiger partial charge in [0.1, 0.15) is 11.7 Å². The van der Waals surface area contributed by atoms with E-state index in [1.54, 1.807) is 14.0 Å². The maximum absolute atomic E-state index is 11.8. The summed E-state index contributed by atoms with van der Waals surface area (Å²) in [5.74, 6) is 0.0182. The molecule has 1 aromatic rings. The van der Waals surface area contributed by atoms with Crippen LogP contribution in [0.2, 0.25) is 0 Å². The normalized spacial score (nSPS) is 12.3. The minimum absolute atomic E-state index is 0.0855. The van der Waals surface area contributed by atoms with Gasteiger partial charge in [0, 0.05) is 7.05 Å². The number of esters is 1. The number of aryl methyl sites for hydroxylation is 2. The summed E-state index contributed by atoms with van der Waals surface area (Å²) >= 11 is 0. The Morgan fingerprint density at radius 1 is 1.52 bits per heavy atom. The molecular weight excluding hydrogens is 276 g/mol. The minimum Gasteiger partial charge on any atom is -0.467 e. The van der Waals surface area contributed by atoms with Crippen LogP contribution in [0, 0.1) is 16.0 Å². The first-order valence-electron chi connectivity index (χ1n) is 6.86. The van der Waals surface area contributed by atoms with E-state index in [1.165, 1.54) is 11.8 Å². The van der Waals surface area contributed by atoms with Crippen LogP contribution >= 0.6 is 0 Å². The first kappa shape index (κ1) is 16.9. The molecule has 8 nitrogen and oxygen atoms in total. The molecule has 21 heavy (non-hydrogen) atoms. The van der Waals surface area contributed by atoms with E-state index in [1.807, 2.05) is 13.8 Å². The summed E-state index contributed by atoms with van der Waals surface area (Å²) in [6, 6.07) is -0.645. The van der Waals surface area contributed by atoms with Gasteiger partial charge in [-0.25, -0.2) is 9.48 Å². The van der Waals surface area contributed by atoms with Crippen LogP contribution in [-0.4, -0.2) is 33.8 Å². The van der Waals surface area contributed by atoms with Crippen LogP contribution < -0.4 is 5.32 Å². The molecule has 0 aliphatic rings. The number of carbonyl (C=O) groups excluding carboxylic acids is 1. The van der Waals surface area contributed by atoms with Crippen LogP contribution in [0.3, 0.4) is 0 Å². The van der Waals surface area contributed by atoms with Crippen molar-refractivity contribution in [2.45, 2.75) is 39.7 Å². The number of aromatic nitrogens is 2. The molecule has 0 saturated heterocycles. The van der Waals surface area contributed by atoms with Gasteiger partial charge in [-0.3, -0.25) is 10.1 Å². The van der Waals surface area contributed by atoms with Crippen LogP contribution in [0.5, 0.6) is 0 Å². The molecule has 0 saturated carbocycles. The number of methoxy groups -OCH3 is 1. The predicted molar refractivity (Wildman–Crippen MR) is 78.1 cm³/mol. The summed E-state index contributed by atoms with van der Waals surface area (Å²) in [6.45, 7) is 5.73. The molecule has 118 valence electrons. The second-order valence-corrected chi connectivity index (χ2v) is 5.23. The van der Waals surface area contributed by atoms with Gasteiger partial charge in [-0.15, -0.1) is 0 Å². The number of nitrogens with one attached hydrogen (secondary N) is 1. The van der Waals surface area contributed by atoms with Crippen LogP contribution in [0.4, 0.5) is 11.5 Å². The highest BCUT2D eigenvalue weighted by atomic mass is 16.6. The van der Waals surface area contributed by atoms with E-state index < -0.39 is 16.9 Å². The molecule has 0 aliphatic carbocycles. The zero-order chi connectivity index (χ0) is 16.2. The third kappa shape index (κ3) is 3.93. The Morgan fingerprint density at radius 2 is 2.14 bits per heavy atom. The van der Waals surface area contributed by atoms with Gasteiger partial charge in [-0.05, 0) is 18.8 Å². The fourth-order valence-corrected chi connectivity index (χ4v) is 2.15. The number of rotatable bonds is 7. The van der Waals surface area contributed by atoms with E-state index in [9.17, 15) is 14.9 Å². The van der Waals surface area contributed by atoms with Gasteiger partial charge in [0.25, 0.3) is 0 Å². The van der Waals surface area contributed by atoms with Crippen molar-refractivity contribution in [1.82, 2.24) is 9.78 Å². The van der Waals surface area contributed by atoms with Crippen molar-refractivity contribution < 1.29 is 14.5 Å². The summed E-state index contributed by atoms with van der Waals surface area (Å²) in [5.41, 5.74) is 0.302. The standard InChI is InChI=1S/C13H22N4O4/c1-6-9-11(17(19)20)12(16(4)15-9)14-10(7-8(2)3)13(18)21-5/h8,10,14H,6-7H2,1-5H3. The second kappa shape index (κ2) is 7.05. The quantitative estimate of drug-likeness (QED) is 0.469.